The number of carboxylic acid groups (broad SMARTS) is 2. The second-order valence-corrected chi connectivity index (χ2v) is 5.31. The maximum Gasteiger partial charge on any atom is 0.335 e. The zero-order chi connectivity index (χ0) is 17.7. The highest BCUT2D eigenvalue weighted by atomic mass is 35.5. The highest BCUT2D eigenvalue weighted by Crippen LogP contribution is 2.18. The number of aromatic carboxylic acids is 2. The van der Waals surface area contributed by atoms with Crippen LogP contribution in [-0.2, 0) is 0 Å². The topological polar surface area (TPSA) is 74.6 Å². The minimum absolute atomic E-state index is 0.0712. The summed E-state index contributed by atoms with van der Waals surface area (Å²) >= 11 is 11.9. The summed E-state index contributed by atoms with van der Waals surface area (Å²) in [6.45, 7) is 0. The van der Waals surface area contributed by atoms with Gasteiger partial charge < -0.3 is 10.2 Å². The van der Waals surface area contributed by atoms with Gasteiger partial charge in [-0.3, -0.25) is 0 Å². The van der Waals surface area contributed by atoms with Crippen LogP contribution >= 0.6 is 23.2 Å². The fourth-order valence-electron chi connectivity index (χ4n) is 1.70. The highest BCUT2D eigenvalue weighted by molar-refractivity contribution is 6.32. The summed E-state index contributed by atoms with van der Waals surface area (Å²) in [4.78, 5) is 21.6. The Morgan fingerprint density at radius 3 is 1.42 bits per heavy atom. The lowest BCUT2D eigenvalue weighted by atomic mass is 10.1. The molecule has 0 spiro atoms. The molecule has 0 amide bonds. The molecule has 0 aliphatic rings. The van der Waals surface area contributed by atoms with Crippen LogP contribution in [0.5, 0.6) is 0 Å². The van der Waals surface area contributed by atoms with Crippen LogP contribution in [0, 0.1) is 23.7 Å². The minimum Gasteiger partial charge on any atom is -0.478 e. The molecule has 0 atom stereocenters. The number of hydrogen-bond acceptors (Lipinski definition) is 2. The molecule has 2 N–H and O–H groups in total. The molecule has 2 aromatic rings. The molecule has 2 rings (SSSR count). The van der Waals surface area contributed by atoms with Gasteiger partial charge in [0.25, 0.3) is 0 Å². The van der Waals surface area contributed by atoms with Crippen LogP contribution in [0.2, 0.25) is 10.0 Å². The second kappa shape index (κ2) is 7.57. The smallest absolute Gasteiger partial charge is 0.335 e. The molecule has 0 aliphatic heterocycles. The first-order valence-corrected chi connectivity index (χ1v) is 7.22. The normalized spacial score (nSPS) is 9.25. The van der Waals surface area contributed by atoms with E-state index >= 15 is 0 Å². The average molecular weight is 359 g/mol. The van der Waals surface area contributed by atoms with Crippen LogP contribution in [0.25, 0.3) is 0 Å². The summed E-state index contributed by atoms with van der Waals surface area (Å²) in [7, 11) is 0. The van der Waals surface area contributed by atoms with Gasteiger partial charge >= 0.3 is 11.9 Å². The predicted octanol–water partition coefficient (Wildman–Crippen LogP) is 3.79. The Morgan fingerprint density at radius 2 is 1.12 bits per heavy atom. The van der Waals surface area contributed by atoms with Crippen LogP contribution in [0.4, 0.5) is 0 Å². The van der Waals surface area contributed by atoms with E-state index in [1.807, 2.05) is 0 Å². The van der Waals surface area contributed by atoms with E-state index in [-0.39, 0.29) is 21.2 Å². The molecule has 2 aromatic carbocycles. The number of rotatable bonds is 2. The standard InChI is InChI=1S/C18H8Cl2O4/c19-15-9-13(17(21)22)7-5-11(15)3-1-2-4-12-6-8-14(18(23)24)10-16(12)20/h5-10H,(H,21,22)(H,23,24). The monoisotopic (exact) mass is 358 g/mol. The molecule has 24 heavy (non-hydrogen) atoms. The first kappa shape index (κ1) is 17.4. The first-order chi connectivity index (χ1) is 11.4. The Kier molecular flexibility index (Phi) is 5.50. The van der Waals surface area contributed by atoms with Crippen molar-refractivity contribution < 1.29 is 19.8 Å². The van der Waals surface area contributed by atoms with Gasteiger partial charge in [0.2, 0.25) is 0 Å². The molecule has 0 saturated heterocycles. The minimum atomic E-state index is -1.07. The van der Waals surface area contributed by atoms with Crippen molar-refractivity contribution in [2.24, 2.45) is 0 Å². The van der Waals surface area contributed by atoms with E-state index in [1.165, 1.54) is 36.4 Å². The first-order valence-electron chi connectivity index (χ1n) is 6.46. The Balaban J connectivity index is 2.22. The number of carboxylic acids is 2. The van der Waals surface area contributed by atoms with Crippen LogP contribution in [0.1, 0.15) is 31.8 Å². The number of benzene rings is 2. The van der Waals surface area contributed by atoms with Gasteiger partial charge in [0, 0.05) is 11.1 Å². The summed E-state index contributed by atoms with van der Waals surface area (Å²) in [5.74, 6) is 8.45. The number of carbonyl (C=O) groups is 2. The van der Waals surface area contributed by atoms with E-state index in [0.717, 1.165) is 0 Å². The van der Waals surface area contributed by atoms with E-state index < -0.39 is 11.9 Å². The molecule has 4 nitrogen and oxygen atoms in total. The summed E-state index contributed by atoms with van der Waals surface area (Å²) in [5.41, 5.74) is 1.04. The quantitative estimate of drug-likeness (QED) is 0.800. The van der Waals surface area contributed by atoms with Crippen LogP contribution < -0.4 is 0 Å². The Hall–Kier alpha value is -2.92. The third-order valence-electron chi connectivity index (χ3n) is 2.89. The zero-order valence-corrected chi connectivity index (χ0v) is 13.4. The molecule has 6 heteroatoms. The van der Waals surface area contributed by atoms with Crippen LogP contribution in [-0.4, -0.2) is 22.2 Å². The summed E-state index contributed by atoms with van der Waals surface area (Å²) in [5, 5.41) is 18.1. The predicted molar refractivity (Wildman–Crippen MR) is 90.6 cm³/mol. The van der Waals surface area contributed by atoms with Gasteiger partial charge in [-0.1, -0.05) is 35.0 Å². The maximum atomic E-state index is 10.8. The molecule has 0 aliphatic carbocycles. The second-order valence-electron chi connectivity index (χ2n) is 4.50. The lowest BCUT2D eigenvalue weighted by Crippen LogP contribution is -1.96. The van der Waals surface area contributed by atoms with Crippen molar-refractivity contribution in [1.82, 2.24) is 0 Å². The molecule has 0 aromatic heterocycles. The Morgan fingerprint density at radius 1 is 0.750 bits per heavy atom. The molecule has 118 valence electrons. The molecule has 0 unspecified atom stereocenters. The van der Waals surface area contributed by atoms with Gasteiger partial charge in [-0.05, 0) is 48.2 Å². The number of halogens is 2. The average Bonchev–Trinajstić information content (AvgIpc) is 2.53. The van der Waals surface area contributed by atoms with Gasteiger partial charge in [0.05, 0.1) is 21.2 Å². The summed E-state index contributed by atoms with van der Waals surface area (Å²) < 4.78 is 0. The third-order valence-corrected chi connectivity index (χ3v) is 3.51. The van der Waals surface area contributed by atoms with Gasteiger partial charge in [0.1, 0.15) is 0 Å². The maximum absolute atomic E-state index is 10.8. The van der Waals surface area contributed by atoms with Crippen molar-refractivity contribution in [3.05, 3.63) is 68.7 Å². The van der Waals surface area contributed by atoms with E-state index in [1.54, 1.807) is 0 Å². The van der Waals surface area contributed by atoms with Crippen LogP contribution in [0.3, 0.4) is 0 Å². The van der Waals surface area contributed by atoms with Gasteiger partial charge in [-0.25, -0.2) is 9.59 Å². The summed E-state index contributed by atoms with van der Waals surface area (Å²) in [6.07, 6.45) is 0. The van der Waals surface area contributed by atoms with Crippen molar-refractivity contribution in [1.29, 1.82) is 0 Å². The van der Waals surface area contributed by atoms with Crippen LogP contribution in [0.15, 0.2) is 36.4 Å². The molecule has 0 bridgehead atoms. The fraction of sp³-hybridized carbons (Fsp3) is 0. The molecular weight excluding hydrogens is 351 g/mol. The Labute approximate surface area is 147 Å². The summed E-state index contributed by atoms with van der Waals surface area (Å²) in [6, 6.07) is 8.40. The van der Waals surface area contributed by atoms with E-state index in [2.05, 4.69) is 23.7 Å². The molecule has 0 heterocycles. The fourth-order valence-corrected chi connectivity index (χ4v) is 2.15. The highest BCUT2D eigenvalue weighted by Gasteiger charge is 2.06. The van der Waals surface area contributed by atoms with Crippen molar-refractivity contribution in [2.75, 3.05) is 0 Å². The van der Waals surface area contributed by atoms with E-state index in [0.29, 0.717) is 11.1 Å². The molecule has 0 saturated carbocycles. The van der Waals surface area contributed by atoms with Crippen molar-refractivity contribution in [2.45, 2.75) is 0 Å². The SMILES string of the molecule is O=C(O)c1ccc(C#CC#Cc2ccc(C(=O)O)cc2Cl)c(Cl)c1. The van der Waals surface area contributed by atoms with Crippen molar-refractivity contribution >= 4 is 35.1 Å². The molecule has 0 radical (unpaired) electrons. The van der Waals surface area contributed by atoms with Crippen molar-refractivity contribution in [3.8, 4) is 23.7 Å². The van der Waals surface area contributed by atoms with Gasteiger partial charge in [0.15, 0.2) is 0 Å². The van der Waals surface area contributed by atoms with Crippen molar-refractivity contribution in [3.63, 3.8) is 0 Å². The zero-order valence-electron chi connectivity index (χ0n) is 11.9. The number of hydrogen-bond donors (Lipinski definition) is 2. The lowest BCUT2D eigenvalue weighted by Gasteiger charge is -1.98. The largest absolute Gasteiger partial charge is 0.478 e. The molecular formula is C18H8Cl2O4. The third kappa shape index (κ3) is 4.30. The Bertz CT molecular complexity index is 877. The van der Waals surface area contributed by atoms with E-state index in [9.17, 15) is 9.59 Å². The van der Waals surface area contributed by atoms with Gasteiger partial charge in [-0.15, -0.1) is 0 Å². The van der Waals surface area contributed by atoms with E-state index in [4.69, 9.17) is 33.4 Å². The molecule has 0 fully saturated rings. The lowest BCUT2D eigenvalue weighted by molar-refractivity contribution is 0.0686. The van der Waals surface area contributed by atoms with Gasteiger partial charge in [-0.2, -0.15) is 0 Å².